The first kappa shape index (κ1) is 11.5. The van der Waals surface area contributed by atoms with Crippen molar-refractivity contribution in [2.75, 3.05) is 13.7 Å². The Balaban J connectivity index is 2.46. The van der Waals surface area contributed by atoms with Crippen molar-refractivity contribution in [3.8, 4) is 0 Å². The van der Waals surface area contributed by atoms with Gasteiger partial charge >= 0.3 is 5.97 Å². The molecule has 3 atom stereocenters. The molecule has 0 aromatic heterocycles. The molecule has 0 aromatic carbocycles. The van der Waals surface area contributed by atoms with E-state index in [1.54, 1.807) is 6.92 Å². The zero-order valence-electron chi connectivity index (χ0n) is 8.73. The topological polar surface area (TPSA) is 55.8 Å². The first-order valence-corrected chi connectivity index (χ1v) is 5.03. The molecule has 0 amide bonds. The van der Waals surface area contributed by atoms with Crippen LogP contribution in [-0.2, 0) is 14.3 Å². The van der Waals surface area contributed by atoms with Crippen molar-refractivity contribution in [3.05, 3.63) is 0 Å². The molecular formula is C10H18O4. The maximum atomic E-state index is 11.2. The second-order valence-corrected chi connectivity index (χ2v) is 3.72. The summed E-state index contributed by atoms with van der Waals surface area (Å²) in [5.74, 6) is -0.483. The van der Waals surface area contributed by atoms with Crippen LogP contribution in [0.3, 0.4) is 0 Å². The number of ether oxygens (including phenoxy) is 2. The summed E-state index contributed by atoms with van der Waals surface area (Å²) >= 11 is 0. The molecular weight excluding hydrogens is 184 g/mol. The predicted molar refractivity (Wildman–Crippen MR) is 50.8 cm³/mol. The van der Waals surface area contributed by atoms with Gasteiger partial charge in [0, 0.05) is 0 Å². The third-order valence-corrected chi connectivity index (χ3v) is 2.72. The highest BCUT2D eigenvalue weighted by molar-refractivity contribution is 5.72. The molecule has 0 aromatic rings. The molecule has 1 heterocycles. The predicted octanol–water partition coefficient (Wildman–Crippen LogP) is 0.726. The van der Waals surface area contributed by atoms with Crippen LogP contribution in [0.25, 0.3) is 0 Å². The average Bonchev–Trinajstić information content (AvgIpc) is 2.27. The van der Waals surface area contributed by atoms with E-state index in [4.69, 9.17) is 9.84 Å². The SMILES string of the molecule is COC(=O)C(C)[C@@H]1CCC[C@@H](CO)O1. The van der Waals surface area contributed by atoms with E-state index in [2.05, 4.69) is 4.74 Å². The summed E-state index contributed by atoms with van der Waals surface area (Å²) in [5.41, 5.74) is 0. The van der Waals surface area contributed by atoms with Gasteiger partial charge in [-0.05, 0) is 26.2 Å². The van der Waals surface area contributed by atoms with Crippen LogP contribution in [-0.4, -0.2) is 37.0 Å². The Morgan fingerprint density at radius 2 is 2.36 bits per heavy atom. The molecule has 1 fully saturated rings. The summed E-state index contributed by atoms with van der Waals surface area (Å²) in [4.78, 5) is 11.2. The van der Waals surface area contributed by atoms with Gasteiger partial charge in [0.25, 0.3) is 0 Å². The van der Waals surface area contributed by atoms with Crippen LogP contribution < -0.4 is 0 Å². The average molecular weight is 202 g/mol. The molecule has 4 heteroatoms. The van der Waals surface area contributed by atoms with E-state index in [0.29, 0.717) is 0 Å². The largest absolute Gasteiger partial charge is 0.469 e. The summed E-state index contributed by atoms with van der Waals surface area (Å²) in [7, 11) is 1.38. The number of hydrogen-bond donors (Lipinski definition) is 1. The lowest BCUT2D eigenvalue weighted by molar-refractivity contribution is -0.157. The van der Waals surface area contributed by atoms with Crippen LogP contribution >= 0.6 is 0 Å². The Morgan fingerprint density at radius 1 is 1.64 bits per heavy atom. The summed E-state index contributed by atoms with van der Waals surface area (Å²) in [5, 5.41) is 8.95. The van der Waals surface area contributed by atoms with Crippen molar-refractivity contribution in [1.29, 1.82) is 0 Å². The van der Waals surface area contributed by atoms with Gasteiger partial charge in [-0.3, -0.25) is 4.79 Å². The lowest BCUT2D eigenvalue weighted by atomic mass is 9.95. The van der Waals surface area contributed by atoms with E-state index in [1.807, 2.05) is 0 Å². The normalized spacial score (nSPS) is 29.6. The zero-order valence-corrected chi connectivity index (χ0v) is 8.73. The summed E-state index contributed by atoms with van der Waals surface area (Å²) in [6, 6.07) is 0. The third kappa shape index (κ3) is 2.69. The fourth-order valence-electron chi connectivity index (χ4n) is 1.77. The van der Waals surface area contributed by atoms with Crippen molar-refractivity contribution in [3.63, 3.8) is 0 Å². The lowest BCUT2D eigenvalue weighted by Crippen LogP contribution is -2.37. The highest BCUT2D eigenvalue weighted by Crippen LogP contribution is 2.24. The van der Waals surface area contributed by atoms with Crippen LogP contribution in [0.1, 0.15) is 26.2 Å². The minimum Gasteiger partial charge on any atom is -0.469 e. The molecule has 82 valence electrons. The number of aliphatic hydroxyl groups excluding tert-OH is 1. The molecule has 1 unspecified atom stereocenters. The van der Waals surface area contributed by atoms with E-state index in [9.17, 15) is 4.79 Å². The summed E-state index contributed by atoms with van der Waals surface area (Å²) < 4.78 is 10.2. The van der Waals surface area contributed by atoms with Gasteiger partial charge in [0.1, 0.15) is 0 Å². The summed E-state index contributed by atoms with van der Waals surface area (Å²) in [6.45, 7) is 1.83. The van der Waals surface area contributed by atoms with Crippen LogP contribution in [0.2, 0.25) is 0 Å². The van der Waals surface area contributed by atoms with Crippen LogP contribution in [0, 0.1) is 5.92 Å². The second-order valence-electron chi connectivity index (χ2n) is 3.72. The molecule has 14 heavy (non-hydrogen) atoms. The molecule has 1 aliphatic rings. The van der Waals surface area contributed by atoms with Crippen LogP contribution in [0.15, 0.2) is 0 Å². The van der Waals surface area contributed by atoms with Gasteiger partial charge in [0.15, 0.2) is 0 Å². The minimum atomic E-state index is -0.242. The molecule has 0 aliphatic carbocycles. The van der Waals surface area contributed by atoms with Crippen molar-refractivity contribution in [2.45, 2.75) is 38.4 Å². The third-order valence-electron chi connectivity index (χ3n) is 2.72. The molecule has 1 N–H and O–H groups in total. The Kier molecular flexibility index (Phi) is 4.35. The number of carbonyl (C=O) groups excluding carboxylic acids is 1. The van der Waals surface area contributed by atoms with E-state index in [-0.39, 0.29) is 30.7 Å². The number of esters is 1. The van der Waals surface area contributed by atoms with Gasteiger partial charge in [-0.15, -0.1) is 0 Å². The van der Waals surface area contributed by atoms with Crippen molar-refractivity contribution in [2.24, 2.45) is 5.92 Å². The molecule has 0 saturated carbocycles. The molecule has 4 nitrogen and oxygen atoms in total. The molecule has 1 aliphatic heterocycles. The Hall–Kier alpha value is -0.610. The highest BCUT2D eigenvalue weighted by Gasteiger charge is 2.30. The van der Waals surface area contributed by atoms with Crippen LogP contribution in [0.4, 0.5) is 0 Å². The number of carbonyl (C=O) groups is 1. The first-order valence-electron chi connectivity index (χ1n) is 5.03. The van der Waals surface area contributed by atoms with E-state index < -0.39 is 0 Å². The Bertz CT molecular complexity index is 193. The fraction of sp³-hybridized carbons (Fsp3) is 0.900. The van der Waals surface area contributed by atoms with Gasteiger partial charge in [-0.2, -0.15) is 0 Å². The summed E-state index contributed by atoms with van der Waals surface area (Å²) in [6.07, 6.45) is 2.53. The van der Waals surface area contributed by atoms with E-state index in [0.717, 1.165) is 19.3 Å². The van der Waals surface area contributed by atoms with E-state index in [1.165, 1.54) is 7.11 Å². The number of rotatable bonds is 3. The monoisotopic (exact) mass is 202 g/mol. The van der Waals surface area contributed by atoms with E-state index >= 15 is 0 Å². The van der Waals surface area contributed by atoms with Gasteiger partial charge in [0.2, 0.25) is 0 Å². The second kappa shape index (κ2) is 5.32. The quantitative estimate of drug-likeness (QED) is 0.685. The molecule has 0 bridgehead atoms. The smallest absolute Gasteiger partial charge is 0.311 e. The van der Waals surface area contributed by atoms with Gasteiger partial charge in [-0.25, -0.2) is 0 Å². The molecule has 0 radical (unpaired) electrons. The Morgan fingerprint density at radius 3 is 2.93 bits per heavy atom. The fourth-order valence-corrected chi connectivity index (χ4v) is 1.77. The molecule has 1 rings (SSSR count). The van der Waals surface area contributed by atoms with Crippen molar-refractivity contribution < 1.29 is 19.4 Å². The number of aliphatic hydroxyl groups is 1. The number of hydrogen-bond acceptors (Lipinski definition) is 4. The Labute approximate surface area is 84.2 Å². The maximum Gasteiger partial charge on any atom is 0.311 e. The van der Waals surface area contributed by atoms with Gasteiger partial charge in [0.05, 0.1) is 31.8 Å². The van der Waals surface area contributed by atoms with Gasteiger partial charge in [-0.1, -0.05) is 0 Å². The van der Waals surface area contributed by atoms with Crippen LogP contribution in [0.5, 0.6) is 0 Å². The van der Waals surface area contributed by atoms with Gasteiger partial charge < -0.3 is 14.6 Å². The molecule has 1 saturated heterocycles. The highest BCUT2D eigenvalue weighted by atomic mass is 16.5. The first-order chi connectivity index (χ1) is 6.69. The standard InChI is InChI=1S/C10H18O4/c1-7(10(12)13-2)9-5-3-4-8(6-11)14-9/h7-9,11H,3-6H2,1-2H3/t7?,8-,9-/m0/s1. The maximum absolute atomic E-state index is 11.2. The van der Waals surface area contributed by atoms with Crippen molar-refractivity contribution >= 4 is 5.97 Å². The lowest BCUT2D eigenvalue weighted by Gasteiger charge is -2.31. The number of methoxy groups -OCH3 is 1. The van der Waals surface area contributed by atoms with Crippen molar-refractivity contribution in [1.82, 2.24) is 0 Å². The zero-order chi connectivity index (χ0) is 10.6. The molecule has 0 spiro atoms. The minimum absolute atomic E-state index is 0.0321.